The number of fused-ring (bicyclic) bond motifs is 1. The van der Waals surface area contributed by atoms with Crippen LogP contribution in [0.2, 0.25) is 0 Å². The summed E-state index contributed by atoms with van der Waals surface area (Å²) in [5.74, 6) is -0.577. The number of amides is 2. The molecular formula is C18H14N2O6S. The minimum absolute atomic E-state index is 0.00366. The number of carboxylic acids is 1. The van der Waals surface area contributed by atoms with Gasteiger partial charge in [0.2, 0.25) is 18.6 Å². The van der Waals surface area contributed by atoms with Gasteiger partial charge in [0.05, 0.1) is 17.4 Å². The molecule has 3 heterocycles. The average molecular weight is 386 g/mol. The van der Waals surface area contributed by atoms with Crippen LogP contribution in [-0.2, 0) is 16.1 Å². The lowest BCUT2D eigenvalue weighted by Crippen LogP contribution is -2.30. The monoisotopic (exact) mass is 386 g/mol. The highest BCUT2D eigenvalue weighted by Gasteiger charge is 2.40. The van der Waals surface area contributed by atoms with Crippen molar-refractivity contribution in [1.29, 1.82) is 0 Å². The topological polar surface area (TPSA) is 106 Å². The van der Waals surface area contributed by atoms with Crippen molar-refractivity contribution in [3.05, 3.63) is 47.7 Å². The van der Waals surface area contributed by atoms with E-state index in [-0.39, 0.29) is 42.2 Å². The van der Waals surface area contributed by atoms with Crippen molar-refractivity contribution in [2.75, 3.05) is 6.79 Å². The van der Waals surface area contributed by atoms with E-state index in [9.17, 15) is 19.5 Å². The fourth-order valence-electron chi connectivity index (χ4n) is 2.92. The van der Waals surface area contributed by atoms with Gasteiger partial charge in [0, 0.05) is 12.6 Å². The molecule has 9 heteroatoms. The van der Waals surface area contributed by atoms with Gasteiger partial charge in [-0.15, -0.1) is 0 Å². The Kier molecular flexibility index (Phi) is 4.44. The highest BCUT2D eigenvalue weighted by molar-refractivity contribution is 8.00. The number of thioether (sulfide) groups is 1. The van der Waals surface area contributed by atoms with E-state index in [0.717, 1.165) is 17.3 Å². The lowest BCUT2D eigenvalue weighted by molar-refractivity contribution is -0.138. The molecule has 0 saturated carbocycles. The van der Waals surface area contributed by atoms with E-state index < -0.39 is 11.2 Å². The number of benzene rings is 1. The van der Waals surface area contributed by atoms with Gasteiger partial charge in [-0.25, -0.2) is 9.78 Å². The van der Waals surface area contributed by atoms with Crippen LogP contribution in [0.1, 0.15) is 22.3 Å². The summed E-state index contributed by atoms with van der Waals surface area (Å²) in [6, 6.07) is 8.19. The number of carbonyl (C=O) groups is 3. The first-order chi connectivity index (χ1) is 13.0. The van der Waals surface area contributed by atoms with Crippen LogP contribution < -0.4 is 9.47 Å². The number of carbonyl (C=O) groups excluding carboxylic acids is 2. The number of aromatic carboxylic acids is 1. The largest absolute Gasteiger partial charge is 0.478 e. The van der Waals surface area contributed by atoms with Crippen molar-refractivity contribution in [3.8, 4) is 11.5 Å². The second-order valence-electron chi connectivity index (χ2n) is 5.98. The fourth-order valence-corrected chi connectivity index (χ4v) is 4.04. The van der Waals surface area contributed by atoms with Crippen LogP contribution >= 0.6 is 11.8 Å². The molecule has 2 aromatic rings. The zero-order valence-electron chi connectivity index (χ0n) is 14.0. The molecule has 0 aliphatic carbocycles. The summed E-state index contributed by atoms with van der Waals surface area (Å²) in [6.45, 7) is 0.272. The third-order valence-corrected chi connectivity index (χ3v) is 5.44. The van der Waals surface area contributed by atoms with Crippen molar-refractivity contribution in [3.63, 3.8) is 0 Å². The van der Waals surface area contributed by atoms with Gasteiger partial charge in [-0.05, 0) is 29.8 Å². The van der Waals surface area contributed by atoms with Gasteiger partial charge in [-0.2, -0.15) is 0 Å². The molecule has 2 amide bonds. The fraction of sp³-hybridized carbons (Fsp3) is 0.222. The number of rotatable bonds is 5. The number of likely N-dealkylation sites (tertiary alicyclic amines) is 1. The van der Waals surface area contributed by atoms with E-state index in [1.54, 1.807) is 18.2 Å². The summed E-state index contributed by atoms with van der Waals surface area (Å²) < 4.78 is 10.6. The van der Waals surface area contributed by atoms with Gasteiger partial charge in [-0.3, -0.25) is 14.5 Å². The molecule has 1 atom stereocenters. The molecule has 2 aliphatic rings. The van der Waals surface area contributed by atoms with Crippen molar-refractivity contribution >= 4 is 29.5 Å². The van der Waals surface area contributed by atoms with Gasteiger partial charge in [0.1, 0.15) is 5.03 Å². The molecule has 1 aromatic heterocycles. The second-order valence-corrected chi connectivity index (χ2v) is 7.17. The van der Waals surface area contributed by atoms with Crippen LogP contribution in [0.3, 0.4) is 0 Å². The van der Waals surface area contributed by atoms with Crippen LogP contribution in [0.5, 0.6) is 11.5 Å². The number of hydrogen-bond acceptors (Lipinski definition) is 7. The van der Waals surface area contributed by atoms with E-state index in [1.807, 2.05) is 0 Å². The number of aromatic nitrogens is 1. The van der Waals surface area contributed by atoms with Crippen molar-refractivity contribution in [1.82, 2.24) is 9.88 Å². The molecule has 0 radical (unpaired) electrons. The molecule has 138 valence electrons. The molecule has 27 heavy (non-hydrogen) atoms. The van der Waals surface area contributed by atoms with E-state index in [1.165, 1.54) is 23.2 Å². The Morgan fingerprint density at radius 3 is 2.89 bits per heavy atom. The highest BCUT2D eigenvalue weighted by Crippen LogP contribution is 2.35. The Balaban J connectivity index is 1.50. The Bertz CT molecular complexity index is 947. The van der Waals surface area contributed by atoms with Crippen molar-refractivity contribution in [2.45, 2.75) is 23.2 Å². The molecular weight excluding hydrogens is 372 g/mol. The maximum atomic E-state index is 12.7. The number of carboxylic acid groups (broad SMARTS) is 1. The van der Waals surface area contributed by atoms with Gasteiger partial charge < -0.3 is 14.6 Å². The van der Waals surface area contributed by atoms with Crippen LogP contribution in [0, 0.1) is 0 Å². The summed E-state index contributed by atoms with van der Waals surface area (Å²) in [7, 11) is 0. The van der Waals surface area contributed by atoms with Crippen LogP contribution in [0.4, 0.5) is 0 Å². The molecule has 1 fully saturated rings. The molecule has 0 bridgehead atoms. The predicted molar refractivity (Wildman–Crippen MR) is 93.6 cm³/mol. The summed E-state index contributed by atoms with van der Waals surface area (Å²) in [5, 5.41) is 8.77. The van der Waals surface area contributed by atoms with E-state index in [2.05, 4.69) is 4.98 Å². The van der Waals surface area contributed by atoms with Gasteiger partial charge >= 0.3 is 5.97 Å². The minimum Gasteiger partial charge on any atom is -0.478 e. The lowest BCUT2D eigenvalue weighted by atomic mass is 10.2. The maximum absolute atomic E-state index is 12.7. The second kappa shape index (κ2) is 6.92. The first-order valence-electron chi connectivity index (χ1n) is 8.10. The molecule has 4 rings (SSSR count). The van der Waals surface area contributed by atoms with Crippen molar-refractivity contribution < 1.29 is 29.0 Å². The molecule has 1 N–H and O–H groups in total. The minimum atomic E-state index is -1.13. The summed E-state index contributed by atoms with van der Waals surface area (Å²) in [5.41, 5.74) is 0.757. The average Bonchev–Trinajstić information content (AvgIpc) is 3.22. The molecule has 1 aromatic carbocycles. The zero-order valence-corrected chi connectivity index (χ0v) is 14.8. The summed E-state index contributed by atoms with van der Waals surface area (Å²) in [6.07, 6.45) is 1.46. The van der Waals surface area contributed by atoms with E-state index in [0.29, 0.717) is 11.5 Å². The molecule has 1 saturated heterocycles. The highest BCUT2D eigenvalue weighted by atomic mass is 32.2. The number of nitrogens with zero attached hydrogens (tertiary/aromatic N) is 2. The van der Waals surface area contributed by atoms with Gasteiger partial charge in [0.25, 0.3) is 0 Å². The van der Waals surface area contributed by atoms with Crippen LogP contribution in [-0.4, -0.2) is 44.8 Å². The Morgan fingerprint density at radius 2 is 2.07 bits per heavy atom. The molecule has 0 unspecified atom stereocenters. The first-order valence-corrected chi connectivity index (χ1v) is 8.98. The predicted octanol–water partition coefficient (Wildman–Crippen LogP) is 1.93. The lowest BCUT2D eigenvalue weighted by Gasteiger charge is -2.15. The first kappa shape index (κ1) is 17.3. The van der Waals surface area contributed by atoms with E-state index in [4.69, 9.17) is 9.47 Å². The maximum Gasteiger partial charge on any atom is 0.338 e. The normalized spacial score (nSPS) is 18.2. The van der Waals surface area contributed by atoms with Gasteiger partial charge in [-0.1, -0.05) is 17.8 Å². The molecule has 2 aliphatic heterocycles. The van der Waals surface area contributed by atoms with Crippen LogP contribution in [0.15, 0.2) is 41.6 Å². The summed E-state index contributed by atoms with van der Waals surface area (Å²) >= 11 is 1.00. The molecule has 0 spiro atoms. The quantitative estimate of drug-likeness (QED) is 0.777. The third kappa shape index (κ3) is 3.33. The molecule has 8 nitrogen and oxygen atoms in total. The zero-order chi connectivity index (χ0) is 19.0. The summed E-state index contributed by atoms with van der Waals surface area (Å²) in [4.78, 5) is 41.6. The SMILES string of the molecule is O=C(O)c1cccnc1S[C@H]1CC(=O)N(Cc2ccc3c(c2)OCO3)C1=O. The van der Waals surface area contributed by atoms with E-state index >= 15 is 0 Å². The number of imide groups is 1. The smallest absolute Gasteiger partial charge is 0.338 e. The number of ether oxygens (including phenoxy) is 2. The third-order valence-electron chi connectivity index (χ3n) is 4.24. The van der Waals surface area contributed by atoms with Crippen molar-refractivity contribution in [2.24, 2.45) is 0 Å². The Morgan fingerprint density at radius 1 is 1.26 bits per heavy atom. The number of pyridine rings is 1. The number of hydrogen-bond donors (Lipinski definition) is 1. The van der Waals surface area contributed by atoms with Gasteiger partial charge in [0.15, 0.2) is 11.5 Å². The standard InChI is InChI=1S/C18H14N2O6S/c21-15-7-14(27-16-11(18(23)24)2-1-5-19-16)17(22)20(15)8-10-3-4-12-13(6-10)26-9-25-12/h1-6,14H,7-9H2,(H,23,24)/t14-/m0/s1. The Hall–Kier alpha value is -3.07. The Labute approximate surface area is 158 Å². The van der Waals surface area contributed by atoms with Crippen LogP contribution in [0.25, 0.3) is 0 Å².